The van der Waals surface area contributed by atoms with Gasteiger partial charge < -0.3 is 10.7 Å². The summed E-state index contributed by atoms with van der Waals surface area (Å²) >= 11 is 0. The molecule has 0 aliphatic carbocycles. The Morgan fingerprint density at radius 3 is 2.75 bits per heavy atom. The molecule has 0 radical (unpaired) electrons. The molecule has 1 unspecified atom stereocenters. The van der Waals surface area contributed by atoms with Crippen LogP contribution in [0, 0.1) is 0 Å². The maximum absolute atomic E-state index is 5.46. The van der Waals surface area contributed by atoms with Crippen LogP contribution in [0.3, 0.4) is 0 Å². The molecule has 2 nitrogen and oxygen atoms in total. The summed E-state index contributed by atoms with van der Waals surface area (Å²) in [6, 6.07) is 1.36. The fourth-order valence-corrected chi connectivity index (χ4v) is 1.52. The van der Waals surface area contributed by atoms with Gasteiger partial charge in [-0.15, -0.1) is 0 Å². The van der Waals surface area contributed by atoms with Crippen molar-refractivity contribution < 1.29 is 0 Å². The summed E-state index contributed by atoms with van der Waals surface area (Å²) in [5.74, 6) is 0. The van der Waals surface area contributed by atoms with Crippen molar-refractivity contribution in [2.24, 2.45) is 5.73 Å². The van der Waals surface area contributed by atoms with Gasteiger partial charge in [0, 0.05) is 6.17 Å². The summed E-state index contributed by atoms with van der Waals surface area (Å²) < 4.78 is 0. The van der Waals surface area contributed by atoms with Crippen LogP contribution in [-0.2, 0) is 0 Å². The van der Waals surface area contributed by atoms with Crippen LogP contribution in [0.5, 0.6) is 0 Å². The van der Waals surface area contributed by atoms with Crippen molar-refractivity contribution >= 4 is 9.68 Å². The lowest BCUT2D eigenvalue weighted by atomic mass is 10.6. The molecule has 0 aromatic rings. The zero-order valence-corrected chi connectivity index (χ0v) is 7.19. The molecular weight excluding hydrogens is 116 g/mol. The van der Waals surface area contributed by atoms with Gasteiger partial charge in [0.05, 0.1) is 9.68 Å². The van der Waals surface area contributed by atoms with E-state index in [1.807, 2.05) is 6.92 Å². The van der Waals surface area contributed by atoms with Crippen molar-refractivity contribution in [3.05, 3.63) is 0 Å². The van der Waals surface area contributed by atoms with Crippen LogP contribution in [0.2, 0.25) is 6.04 Å². The van der Waals surface area contributed by atoms with E-state index in [2.05, 4.69) is 11.9 Å². The van der Waals surface area contributed by atoms with Gasteiger partial charge in [-0.3, -0.25) is 0 Å². The van der Waals surface area contributed by atoms with E-state index in [0.29, 0.717) is 0 Å². The minimum atomic E-state index is -0.0112. The molecule has 0 aromatic heterocycles. The zero-order chi connectivity index (χ0) is 6.41. The highest BCUT2D eigenvalue weighted by Crippen LogP contribution is 1.81. The molecule has 1 atom stereocenters. The molecule has 0 rings (SSSR count). The largest absolute Gasteiger partial charge is 0.329 e. The molecule has 50 valence electrons. The molecule has 0 aromatic carbocycles. The van der Waals surface area contributed by atoms with E-state index in [1.54, 1.807) is 0 Å². The highest BCUT2D eigenvalue weighted by Gasteiger charge is 1.88. The second kappa shape index (κ2) is 5.28. The smallest absolute Gasteiger partial charge is 0.0933 e. The first-order valence-corrected chi connectivity index (χ1v) is 4.97. The van der Waals surface area contributed by atoms with Crippen molar-refractivity contribution in [1.29, 1.82) is 0 Å². The number of rotatable bonds is 4. The molecule has 0 saturated heterocycles. The Morgan fingerprint density at radius 2 is 2.38 bits per heavy atom. The molecule has 0 fully saturated rings. The van der Waals surface area contributed by atoms with Crippen molar-refractivity contribution in [3.8, 4) is 0 Å². The monoisotopic (exact) mass is 132 g/mol. The van der Waals surface area contributed by atoms with Gasteiger partial charge >= 0.3 is 0 Å². The standard InChI is InChI=1S/C5H16N2Si/c1-3-4-8-7-5(2)6/h5,7H,3-4,6,8H2,1-2H3. The van der Waals surface area contributed by atoms with Crippen molar-refractivity contribution in [2.45, 2.75) is 32.5 Å². The van der Waals surface area contributed by atoms with Crippen LogP contribution in [0.15, 0.2) is 0 Å². The van der Waals surface area contributed by atoms with E-state index >= 15 is 0 Å². The molecule has 0 amide bonds. The van der Waals surface area contributed by atoms with Crippen molar-refractivity contribution in [1.82, 2.24) is 4.98 Å². The predicted octanol–water partition coefficient (Wildman–Crippen LogP) is -0.207. The lowest BCUT2D eigenvalue weighted by molar-refractivity contribution is 0.712. The van der Waals surface area contributed by atoms with E-state index < -0.39 is 0 Å². The van der Waals surface area contributed by atoms with Crippen molar-refractivity contribution in [3.63, 3.8) is 0 Å². The van der Waals surface area contributed by atoms with Gasteiger partial charge in [-0.05, 0) is 6.92 Å². The minimum Gasteiger partial charge on any atom is -0.329 e. The Morgan fingerprint density at radius 1 is 1.75 bits per heavy atom. The van der Waals surface area contributed by atoms with E-state index in [1.165, 1.54) is 12.5 Å². The summed E-state index contributed by atoms with van der Waals surface area (Å²) in [6.45, 7) is 4.19. The van der Waals surface area contributed by atoms with Gasteiger partial charge in [-0.2, -0.15) is 0 Å². The Labute approximate surface area is 53.7 Å². The number of nitrogens with two attached hydrogens (primary N) is 1. The van der Waals surface area contributed by atoms with E-state index in [-0.39, 0.29) is 15.8 Å². The second-order valence-electron chi connectivity index (χ2n) is 2.10. The number of nitrogens with one attached hydrogen (secondary N) is 1. The Balaban J connectivity index is 2.72. The van der Waals surface area contributed by atoms with Crippen LogP contribution in [0.4, 0.5) is 0 Å². The van der Waals surface area contributed by atoms with Crippen LogP contribution in [0.1, 0.15) is 20.3 Å². The Bertz CT molecular complexity index is 47.7. The summed E-state index contributed by atoms with van der Waals surface area (Å²) in [6.07, 6.45) is 1.51. The first-order chi connectivity index (χ1) is 3.77. The van der Waals surface area contributed by atoms with Gasteiger partial charge in [-0.25, -0.2) is 0 Å². The van der Waals surface area contributed by atoms with Crippen molar-refractivity contribution in [2.75, 3.05) is 0 Å². The van der Waals surface area contributed by atoms with Gasteiger partial charge in [0.15, 0.2) is 0 Å². The van der Waals surface area contributed by atoms with E-state index in [4.69, 9.17) is 5.73 Å². The number of hydrogen-bond donors (Lipinski definition) is 2. The quantitative estimate of drug-likeness (QED) is 0.316. The molecular formula is C5H16N2Si. The molecule has 0 heterocycles. The molecule has 0 aliphatic rings. The maximum Gasteiger partial charge on any atom is 0.0933 e. The van der Waals surface area contributed by atoms with E-state index in [0.717, 1.165) is 0 Å². The minimum absolute atomic E-state index is 0.0112. The van der Waals surface area contributed by atoms with Gasteiger partial charge in [0.25, 0.3) is 0 Å². The van der Waals surface area contributed by atoms with Crippen LogP contribution < -0.4 is 10.7 Å². The predicted molar refractivity (Wildman–Crippen MR) is 40.4 cm³/mol. The summed E-state index contributed by atoms with van der Waals surface area (Å²) in [4.78, 5) is 3.26. The van der Waals surface area contributed by atoms with E-state index in [9.17, 15) is 0 Å². The lowest BCUT2D eigenvalue weighted by Gasteiger charge is -2.04. The van der Waals surface area contributed by atoms with Crippen LogP contribution in [-0.4, -0.2) is 15.8 Å². The fourth-order valence-electron chi connectivity index (χ4n) is 0.507. The molecule has 0 aliphatic heterocycles. The fraction of sp³-hybridized carbons (Fsp3) is 1.00. The molecule has 0 saturated carbocycles. The highest BCUT2D eigenvalue weighted by molar-refractivity contribution is 6.32. The zero-order valence-electron chi connectivity index (χ0n) is 5.78. The second-order valence-corrected chi connectivity index (χ2v) is 3.71. The lowest BCUT2D eigenvalue weighted by Crippen LogP contribution is -2.36. The molecule has 8 heavy (non-hydrogen) atoms. The third-order valence-electron chi connectivity index (χ3n) is 0.997. The van der Waals surface area contributed by atoms with Crippen LogP contribution >= 0.6 is 0 Å². The molecule has 0 bridgehead atoms. The highest BCUT2D eigenvalue weighted by atomic mass is 28.2. The number of hydrogen-bond acceptors (Lipinski definition) is 2. The SMILES string of the molecule is CCC[SiH2]NC(C)N. The average molecular weight is 132 g/mol. The third kappa shape index (κ3) is 6.14. The summed E-state index contributed by atoms with van der Waals surface area (Å²) in [5.41, 5.74) is 5.46. The average Bonchev–Trinajstić information content (AvgIpc) is 1.66. The maximum atomic E-state index is 5.46. The summed E-state index contributed by atoms with van der Waals surface area (Å²) in [5, 5.41) is 0. The third-order valence-corrected chi connectivity index (χ3v) is 2.99. The molecule has 3 heteroatoms. The first-order valence-electron chi connectivity index (χ1n) is 3.26. The van der Waals surface area contributed by atoms with Crippen LogP contribution in [0.25, 0.3) is 0 Å². The Kier molecular flexibility index (Phi) is 5.37. The molecule has 0 spiro atoms. The first kappa shape index (κ1) is 8.14. The molecule has 3 N–H and O–H groups in total. The van der Waals surface area contributed by atoms with Gasteiger partial charge in [0.2, 0.25) is 0 Å². The normalized spacial score (nSPS) is 15.4. The summed E-state index contributed by atoms with van der Waals surface area (Å²) in [7, 11) is -0.0112. The van der Waals surface area contributed by atoms with Gasteiger partial charge in [0.1, 0.15) is 0 Å². The van der Waals surface area contributed by atoms with Gasteiger partial charge in [-0.1, -0.05) is 19.4 Å². The Hall–Kier alpha value is 0.137. The topological polar surface area (TPSA) is 38.0 Å².